The first kappa shape index (κ1) is 13.1. The Balaban J connectivity index is 1.72. The molecule has 1 aliphatic heterocycles. The SMILES string of the molecule is CC(CNc1cc(N)ccn1)CN1CCCCC1. The molecule has 0 saturated carbocycles. The molecule has 1 aromatic rings. The van der Waals surface area contributed by atoms with Crippen molar-refractivity contribution >= 4 is 11.5 Å². The van der Waals surface area contributed by atoms with Gasteiger partial charge in [0.25, 0.3) is 0 Å². The number of likely N-dealkylation sites (tertiary alicyclic amines) is 1. The third-order valence-electron chi connectivity index (χ3n) is 3.43. The molecule has 4 nitrogen and oxygen atoms in total. The summed E-state index contributed by atoms with van der Waals surface area (Å²) in [6.07, 6.45) is 5.86. The van der Waals surface area contributed by atoms with E-state index in [1.165, 1.54) is 38.9 Å². The predicted octanol–water partition coefficient (Wildman–Crippen LogP) is 2.20. The first-order valence-electron chi connectivity index (χ1n) is 6.92. The predicted molar refractivity (Wildman–Crippen MR) is 76.6 cm³/mol. The van der Waals surface area contributed by atoms with Crippen LogP contribution in [-0.2, 0) is 0 Å². The second-order valence-corrected chi connectivity index (χ2v) is 5.32. The minimum absolute atomic E-state index is 0.631. The number of pyridine rings is 1. The number of rotatable bonds is 5. The van der Waals surface area contributed by atoms with Gasteiger partial charge >= 0.3 is 0 Å². The lowest BCUT2D eigenvalue weighted by atomic mass is 10.1. The Bertz CT molecular complexity index is 361. The Morgan fingerprint density at radius 3 is 2.89 bits per heavy atom. The van der Waals surface area contributed by atoms with Crippen molar-refractivity contribution in [2.24, 2.45) is 5.92 Å². The van der Waals surface area contributed by atoms with Crippen molar-refractivity contribution in [3.05, 3.63) is 18.3 Å². The largest absolute Gasteiger partial charge is 0.399 e. The average Bonchev–Trinajstić information content (AvgIpc) is 2.38. The van der Waals surface area contributed by atoms with Crippen molar-refractivity contribution in [1.29, 1.82) is 0 Å². The van der Waals surface area contributed by atoms with Crippen LogP contribution in [0.3, 0.4) is 0 Å². The van der Waals surface area contributed by atoms with Crippen LogP contribution in [0.1, 0.15) is 26.2 Å². The first-order valence-corrected chi connectivity index (χ1v) is 6.92. The molecular formula is C14H24N4. The highest BCUT2D eigenvalue weighted by Gasteiger charge is 2.13. The molecule has 100 valence electrons. The van der Waals surface area contributed by atoms with Crippen LogP contribution in [-0.4, -0.2) is 36.1 Å². The van der Waals surface area contributed by atoms with Crippen molar-refractivity contribution in [3.8, 4) is 0 Å². The van der Waals surface area contributed by atoms with Gasteiger partial charge in [0, 0.05) is 31.0 Å². The summed E-state index contributed by atoms with van der Waals surface area (Å²) in [5.41, 5.74) is 6.49. The number of nitrogen functional groups attached to an aromatic ring is 1. The summed E-state index contributed by atoms with van der Waals surface area (Å²) >= 11 is 0. The van der Waals surface area contributed by atoms with Gasteiger partial charge in [-0.15, -0.1) is 0 Å². The molecule has 0 spiro atoms. The number of hydrogen-bond donors (Lipinski definition) is 2. The summed E-state index contributed by atoms with van der Waals surface area (Å²) in [4.78, 5) is 6.83. The molecule has 4 heteroatoms. The Morgan fingerprint density at radius 2 is 2.17 bits per heavy atom. The average molecular weight is 248 g/mol. The van der Waals surface area contributed by atoms with Gasteiger partial charge in [-0.1, -0.05) is 13.3 Å². The van der Waals surface area contributed by atoms with Crippen molar-refractivity contribution in [1.82, 2.24) is 9.88 Å². The number of piperidine rings is 1. The molecule has 2 rings (SSSR count). The number of hydrogen-bond acceptors (Lipinski definition) is 4. The highest BCUT2D eigenvalue weighted by molar-refractivity contribution is 5.48. The molecule has 0 aromatic carbocycles. The van der Waals surface area contributed by atoms with Gasteiger partial charge in [-0.3, -0.25) is 0 Å². The van der Waals surface area contributed by atoms with Crippen LogP contribution < -0.4 is 11.1 Å². The van der Waals surface area contributed by atoms with Crippen molar-refractivity contribution in [3.63, 3.8) is 0 Å². The molecule has 1 atom stereocenters. The minimum Gasteiger partial charge on any atom is -0.399 e. The molecule has 1 aromatic heterocycles. The summed E-state index contributed by atoms with van der Waals surface area (Å²) in [6, 6.07) is 3.69. The normalized spacial score (nSPS) is 18.5. The maximum absolute atomic E-state index is 5.73. The second-order valence-electron chi connectivity index (χ2n) is 5.32. The lowest BCUT2D eigenvalue weighted by Crippen LogP contribution is -2.35. The summed E-state index contributed by atoms with van der Waals surface area (Å²) in [7, 11) is 0. The number of nitrogens with two attached hydrogens (primary N) is 1. The van der Waals surface area contributed by atoms with Crippen molar-refractivity contribution in [2.75, 3.05) is 37.2 Å². The van der Waals surface area contributed by atoms with E-state index >= 15 is 0 Å². The summed E-state index contributed by atoms with van der Waals surface area (Å²) in [5.74, 6) is 1.51. The van der Waals surface area contributed by atoms with E-state index in [1.54, 1.807) is 6.20 Å². The monoisotopic (exact) mass is 248 g/mol. The second kappa shape index (κ2) is 6.59. The molecule has 3 N–H and O–H groups in total. The van der Waals surface area contributed by atoms with Crippen LogP contribution in [0.2, 0.25) is 0 Å². The van der Waals surface area contributed by atoms with Gasteiger partial charge in [-0.05, 0) is 37.9 Å². The molecule has 0 amide bonds. The lowest BCUT2D eigenvalue weighted by molar-refractivity contribution is 0.204. The first-order chi connectivity index (χ1) is 8.74. The van der Waals surface area contributed by atoms with E-state index in [2.05, 4.69) is 22.1 Å². The topological polar surface area (TPSA) is 54.2 Å². The maximum Gasteiger partial charge on any atom is 0.127 e. The smallest absolute Gasteiger partial charge is 0.127 e. The van der Waals surface area contributed by atoms with Crippen molar-refractivity contribution in [2.45, 2.75) is 26.2 Å². The molecule has 0 bridgehead atoms. The zero-order valence-corrected chi connectivity index (χ0v) is 11.2. The molecule has 2 heterocycles. The minimum atomic E-state index is 0.631. The molecule has 18 heavy (non-hydrogen) atoms. The lowest BCUT2D eigenvalue weighted by Gasteiger charge is -2.29. The van der Waals surface area contributed by atoms with Crippen LogP contribution in [0.5, 0.6) is 0 Å². The van der Waals surface area contributed by atoms with E-state index in [4.69, 9.17) is 5.73 Å². The number of nitrogens with one attached hydrogen (secondary N) is 1. The molecule has 0 aliphatic carbocycles. The van der Waals surface area contributed by atoms with E-state index in [-0.39, 0.29) is 0 Å². The molecule has 1 unspecified atom stereocenters. The summed E-state index contributed by atoms with van der Waals surface area (Å²) in [6.45, 7) is 6.94. The molecule has 1 saturated heterocycles. The van der Waals surface area contributed by atoms with Gasteiger partial charge in [0.1, 0.15) is 5.82 Å². The molecular weight excluding hydrogens is 224 g/mol. The highest BCUT2D eigenvalue weighted by atomic mass is 15.1. The summed E-state index contributed by atoms with van der Waals surface area (Å²) in [5, 5.41) is 3.36. The third kappa shape index (κ3) is 4.18. The molecule has 0 radical (unpaired) electrons. The number of nitrogens with zero attached hydrogens (tertiary/aromatic N) is 2. The summed E-state index contributed by atoms with van der Waals surface area (Å²) < 4.78 is 0. The fraction of sp³-hybridized carbons (Fsp3) is 0.643. The Kier molecular flexibility index (Phi) is 4.81. The molecule has 1 aliphatic rings. The Hall–Kier alpha value is -1.29. The molecule has 1 fully saturated rings. The fourth-order valence-corrected chi connectivity index (χ4v) is 2.47. The van der Waals surface area contributed by atoms with Crippen LogP contribution in [0.4, 0.5) is 11.5 Å². The van der Waals surface area contributed by atoms with Gasteiger partial charge in [-0.2, -0.15) is 0 Å². The van der Waals surface area contributed by atoms with Gasteiger partial charge in [0.15, 0.2) is 0 Å². The van der Waals surface area contributed by atoms with E-state index in [0.29, 0.717) is 5.92 Å². The zero-order chi connectivity index (χ0) is 12.8. The fourth-order valence-electron chi connectivity index (χ4n) is 2.47. The van der Waals surface area contributed by atoms with Gasteiger partial charge < -0.3 is 16.0 Å². The van der Waals surface area contributed by atoms with E-state index in [0.717, 1.165) is 18.1 Å². The van der Waals surface area contributed by atoms with E-state index in [1.807, 2.05) is 12.1 Å². The van der Waals surface area contributed by atoms with Crippen LogP contribution >= 0.6 is 0 Å². The maximum atomic E-state index is 5.73. The van der Waals surface area contributed by atoms with Gasteiger partial charge in [0.05, 0.1) is 0 Å². The van der Waals surface area contributed by atoms with E-state index in [9.17, 15) is 0 Å². The Morgan fingerprint density at radius 1 is 1.39 bits per heavy atom. The van der Waals surface area contributed by atoms with Crippen LogP contribution in [0.15, 0.2) is 18.3 Å². The van der Waals surface area contributed by atoms with E-state index < -0.39 is 0 Å². The quantitative estimate of drug-likeness (QED) is 0.839. The van der Waals surface area contributed by atoms with Crippen LogP contribution in [0.25, 0.3) is 0 Å². The number of aromatic nitrogens is 1. The third-order valence-corrected chi connectivity index (χ3v) is 3.43. The van der Waals surface area contributed by atoms with Gasteiger partial charge in [-0.25, -0.2) is 4.98 Å². The highest BCUT2D eigenvalue weighted by Crippen LogP contribution is 2.12. The van der Waals surface area contributed by atoms with Crippen LogP contribution in [0, 0.1) is 5.92 Å². The number of anilines is 2. The van der Waals surface area contributed by atoms with Crippen molar-refractivity contribution < 1.29 is 0 Å². The standard InChI is InChI=1S/C14H24N4/c1-12(11-18-7-3-2-4-8-18)10-17-14-9-13(15)5-6-16-14/h5-6,9,12H,2-4,7-8,10-11H2,1H3,(H3,15,16,17). The zero-order valence-electron chi connectivity index (χ0n) is 11.2. The van der Waals surface area contributed by atoms with Gasteiger partial charge in [0.2, 0.25) is 0 Å². The Labute approximate surface area is 110 Å².